The van der Waals surface area contributed by atoms with Crippen LogP contribution in [0.25, 0.3) is 0 Å². The molecule has 0 aliphatic heterocycles. The summed E-state index contributed by atoms with van der Waals surface area (Å²) in [6, 6.07) is 14.3. The van der Waals surface area contributed by atoms with Crippen molar-refractivity contribution in [1.29, 1.82) is 0 Å². The summed E-state index contributed by atoms with van der Waals surface area (Å²) in [7, 11) is 0. The molecule has 0 saturated carbocycles. The van der Waals surface area contributed by atoms with Gasteiger partial charge < -0.3 is 14.2 Å². The zero-order chi connectivity index (χ0) is 16.7. The fourth-order valence-electron chi connectivity index (χ4n) is 2.02. The van der Waals surface area contributed by atoms with Crippen LogP contribution in [0.2, 0.25) is 0 Å². The van der Waals surface area contributed by atoms with Gasteiger partial charge in [0.05, 0.1) is 12.7 Å². The third-order valence-corrected chi connectivity index (χ3v) is 3.05. The molecular formula is C19H22O4. The highest BCUT2D eigenvalue weighted by atomic mass is 16.5. The highest BCUT2D eigenvalue weighted by Crippen LogP contribution is 2.18. The van der Waals surface area contributed by atoms with Crippen molar-refractivity contribution >= 4 is 5.78 Å². The molecule has 2 rings (SSSR count). The van der Waals surface area contributed by atoms with Crippen LogP contribution in [0.1, 0.15) is 31.1 Å². The van der Waals surface area contributed by atoms with E-state index in [4.69, 9.17) is 14.2 Å². The first-order valence-corrected chi connectivity index (χ1v) is 7.74. The minimum atomic E-state index is -0.0741. The van der Waals surface area contributed by atoms with Gasteiger partial charge in [0.15, 0.2) is 12.4 Å². The van der Waals surface area contributed by atoms with Crippen molar-refractivity contribution in [2.75, 3.05) is 13.2 Å². The van der Waals surface area contributed by atoms with E-state index in [2.05, 4.69) is 0 Å². The quantitative estimate of drug-likeness (QED) is 0.687. The highest BCUT2D eigenvalue weighted by molar-refractivity contribution is 5.97. The molecule has 122 valence electrons. The zero-order valence-corrected chi connectivity index (χ0v) is 13.7. The average Bonchev–Trinajstić information content (AvgIpc) is 2.54. The number of carbonyl (C=O) groups excluding carboxylic acids is 1. The maximum Gasteiger partial charge on any atom is 0.200 e. The van der Waals surface area contributed by atoms with Crippen molar-refractivity contribution in [3.05, 3.63) is 54.1 Å². The van der Waals surface area contributed by atoms with Crippen LogP contribution in [0.4, 0.5) is 0 Å². The minimum absolute atomic E-state index is 0.00162. The van der Waals surface area contributed by atoms with E-state index in [0.717, 1.165) is 11.5 Å². The molecule has 0 fully saturated rings. The van der Waals surface area contributed by atoms with Crippen LogP contribution in [0, 0.1) is 0 Å². The van der Waals surface area contributed by atoms with E-state index in [0.29, 0.717) is 17.9 Å². The largest absolute Gasteiger partial charge is 0.494 e. The number of hydrogen-bond acceptors (Lipinski definition) is 4. The van der Waals surface area contributed by atoms with Crippen molar-refractivity contribution in [2.24, 2.45) is 0 Å². The van der Waals surface area contributed by atoms with Crippen molar-refractivity contribution in [2.45, 2.75) is 26.9 Å². The smallest absolute Gasteiger partial charge is 0.200 e. The molecule has 0 heterocycles. The van der Waals surface area contributed by atoms with E-state index < -0.39 is 0 Å². The molecule has 0 bridgehead atoms. The first-order valence-electron chi connectivity index (χ1n) is 7.74. The summed E-state index contributed by atoms with van der Waals surface area (Å²) < 4.78 is 16.4. The van der Waals surface area contributed by atoms with Crippen LogP contribution in [0.3, 0.4) is 0 Å². The molecule has 0 aliphatic rings. The fourth-order valence-corrected chi connectivity index (χ4v) is 2.02. The molecule has 0 saturated heterocycles. The summed E-state index contributed by atoms with van der Waals surface area (Å²) >= 11 is 0. The lowest BCUT2D eigenvalue weighted by Crippen LogP contribution is -2.12. The van der Waals surface area contributed by atoms with E-state index in [1.807, 2.05) is 32.9 Å². The Labute approximate surface area is 137 Å². The van der Waals surface area contributed by atoms with Crippen LogP contribution < -0.4 is 14.2 Å². The summed E-state index contributed by atoms with van der Waals surface area (Å²) in [6.07, 6.45) is 0.111. The maximum absolute atomic E-state index is 12.1. The van der Waals surface area contributed by atoms with E-state index in [1.54, 1.807) is 36.4 Å². The van der Waals surface area contributed by atoms with Crippen molar-refractivity contribution < 1.29 is 19.0 Å². The molecule has 0 N–H and O–H groups in total. The Morgan fingerprint density at radius 2 is 1.39 bits per heavy atom. The molecule has 23 heavy (non-hydrogen) atoms. The summed E-state index contributed by atoms with van der Waals surface area (Å²) in [4.78, 5) is 12.1. The van der Waals surface area contributed by atoms with Crippen molar-refractivity contribution in [1.82, 2.24) is 0 Å². The zero-order valence-electron chi connectivity index (χ0n) is 13.7. The Morgan fingerprint density at radius 3 is 1.91 bits per heavy atom. The Morgan fingerprint density at radius 1 is 0.870 bits per heavy atom. The Balaban J connectivity index is 1.88. The second kappa shape index (κ2) is 8.22. The minimum Gasteiger partial charge on any atom is -0.494 e. The van der Waals surface area contributed by atoms with Gasteiger partial charge >= 0.3 is 0 Å². The number of hydrogen-bond donors (Lipinski definition) is 0. The highest BCUT2D eigenvalue weighted by Gasteiger charge is 2.08. The first kappa shape index (κ1) is 16.9. The lowest BCUT2D eigenvalue weighted by atomic mass is 10.1. The van der Waals surface area contributed by atoms with E-state index in [-0.39, 0.29) is 18.5 Å². The summed E-state index contributed by atoms with van der Waals surface area (Å²) in [5, 5.41) is 0. The number of Topliss-reactive ketones (excluding diaryl/α,β-unsaturated/α-hetero) is 1. The topological polar surface area (TPSA) is 44.8 Å². The van der Waals surface area contributed by atoms with Gasteiger partial charge in [0, 0.05) is 5.56 Å². The predicted octanol–water partition coefficient (Wildman–Crippen LogP) is 4.13. The SMILES string of the molecule is CCOc1ccc(OCC(=O)c2ccc(OC(C)C)cc2)cc1. The number of carbonyl (C=O) groups is 1. The van der Waals surface area contributed by atoms with Crippen LogP contribution in [-0.2, 0) is 0 Å². The third kappa shape index (κ3) is 5.33. The number of ketones is 1. The van der Waals surface area contributed by atoms with Gasteiger partial charge in [-0.15, -0.1) is 0 Å². The van der Waals surface area contributed by atoms with Gasteiger partial charge in [0.2, 0.25) is 0 Å². The van der Waals surface area contributed by atoms with E-state index in [1.165, 1.54) is 0 Å². The van der Waals surface area contributed by atoms with Crippen LogP contribution in [-0.4, -0.2) is 25.1 Å². The van der Waals surface area contributed by atoms with Crippen LogP contribution in [0.5, 0.6) is 17.2 Å². The molecule has 4 nitrogen and oxygen atoms in total. The van der Waals surface area contributed by atoms with Crippen molar-refractivity contribution in [3.63, 3.8) is 0 Å². The molecule has 0 amide bonds. The molecule has 0 radical (unpaired) electrons. The normalized spacial score (nSPS) is 10.4. The lowest BCUT2D eigenvalue weighted by molar-refractivity contribution is 0.0921. The molecule has 0 unspecified atom stereocenters. The molecule has 0 aliphatic carbocycles. The summed E-state index contributed by atoms with van der Waals surface area (Å²) in [6.45, 7) is 6.47. The van der Waals surface area contributed by atoms with Gasteiger partial charge in [-0.05, 0) is 69.3 Å². The number of ether oxygens (including phenoxy) is 3. The van der Waals surface area contributed by atoms with Crippen LogP contribution in [0.15, 0.2) is 48.5 Å². The van der Waals surface area contributed by atoms with E-state index in [9.17, 15) is 4.79 Å². The maximum atomic E-state index is 12.1. The monoisotopic (exact) mass is 314 g/mol. The second-order valence-corrected chi connectivity index (χ2v) is 5.31. The predicted molar refractivity (Wildman–Crippen MR) is 89.6 cm³/mol. The van der Waals surface area contributed by atoms with Crippen LogP contribution >= 0.6 is 0 Å². The summed E-state index contributed by atoms with van der Waals surface area (Å²) in [5.41, 5.74) is 0.604. The molecule has 0 atom stereocenters. The standard InChI is InChI=1S/C19H22O4/c1-4-21-16-9-11-17(12-10-16)22-13-19(20)15-5-7-18(8-6-15)23-14(2)3/h5-12,14H,4,13H2,1-3H3. The first-order chi connectivity index (χ1) is 11.1. The molecule has 0 spiro atoms. The van der Waals surface area contributed by atoms with Gasteiger partial charge in [-0.1, -0.05) is 0 Å². The average molecular weight is 314 g/mol. The van der Waals surface area contributed by atoms with Gasteiger partial charge in [-0.3, -0.25) is 4.79 Å². The van der Waals surface area contributed by atoms with Gasteiger partial charge in [-0.25, -0.2) is 0 Å². The number of rotatable bonds is 8. The van der Waals surface area contributed by atoms with Gasteiger partial charge in [0.1, 0.15) is 17.2 Å². The Kier molecular flexibility index (Phi) is 6.03. The summed E-state index contributed by atoms with van der Waals surface area (Å²) in [5.74, 6) is 2.10. The van der Waals surface area contributed by atoms with Crippen molar-refractivity contribution in [3.8, 4) is 17.2 Å². The molecular weight excluding hydrogens is 292 g/mol. The van der Waals surface area contributed by atoms with Gasteiger partial charge in [0.25, 0.3) is 0 Å². The molecule has 2 aromatic rings. The Hall–Kier alpha value is -2.49. The third-order valence-electron chi connectivity index (χ3n) is 3.05. The molecule has 2 aromatic carbocycles. The molecule has 0 aromatic heterocycles. The number of benzene rings is 2. The van der Waals surface area contributed by atoms with Gasteiger partial charge in [-0.2, -0.15) is 0 Å². The fraction of sp³-hybridized carbons (Fsp3) is 0.316. The second-order valence-electron chi connectivity index (χ2n) is 5.31. The van der Waals surface area contributed by atoms with E-state index >= 15 is 0 Å². The lowest BCUT2D eigenvalue weighted by Gasteiger charge is -2.10. The molecule has 4 heteroatoms. The Bertz CT molecular complexity index is 615.